The zero-order valence-electron chi connectivity index (χ0n) is 8.75. The van der Waals surface area contributed by atoms with Gasteiger partial charge >= 0.3 is 6.18 Å². The van der Waals surface area contributed by atoms with Gasteiger partial charge in [-0.1, -0.05) is 42.5 Å². The molecule has 0 radical (unpaired) electrons. The van der Waals surface area contributed by atoms with Gasteiger partial charge in [0.25, 0.3) is 0 Å². The molecule has 5 heteroatoms. The van der Waals surface area contributed by atoms with Gasteiger partial charge in [-0.05, 0) is 27.6 Å². The fraction of sp³-hybridized carbons (Fsp3) is 0.167. The monoisotopic (exact) mass is 306 g/mol. The summed E-state index contributed by atoms with van der Waals surface area (Å²) < 4.78 is 39.9. The molecule has 0 fully saturated rings. The second-order valence-corrected chi connectivity index (χ2v) is 3.93. The van der Waals surface area contributed by atoms with Crippen molar-refractivity contribution in [2.75, 3.05) is 6.61 Å². The van der Waals surface area contributed by atoms with Gasteiger partial charge in [0.2, 0.25) is 0 Å². The Morgan fingerprint density at radius 1 is 1.24 bits per heavy atom. The summed E-state index contributed by atoms with van der Waals surface area (Å²) in [7, 11) is 0. The van der Waals surface area contributed by atoms with Crippen molar-refractivity contribution in [3.63, 3.8) is 0 Å². The summed E-state index contributed by atoms with van der Waals surface area (Å²) in [6.45, 7) is -1.30. The molecule has 92 valence electrons. The van der Waals surface area contributed by atoms with E-state index < -0.39 is 12.8 Å². The van der Waals surface area contributed by atoms with E-state index in [0.717, 1.165) is 5.56 Å². The first-order valence-corrected chi connectivity index (χ1v) is 5.55. The lowest BCUT2D eigenvalue weighted by Gasteiger charge is -2.07. The average Bonchev–Trinajstić information content (AvgIpc) is 2.27. The Balaban J connectivity index is 2.45. The van der Waals surface area contributed by atoms with E-state index in [2.05, 4.69) is 20.7 Å². The SMILES string of the molecule is FC(F)(F)CO/C(Br)=C/C=C/c1ccccc1. The molecule has 0 bridgehead atoms. The van der Waals surface area contributed by atoms with Gasteiger partial charge in [0.15, 0.2) is 11.3 Å². The number of hydrogen-bond donors (Lipinski definition) is 0. The van der Waals surface area contributed by atoms with Crippen molar-refractivity contribution in [3.8, 4) is 0 Å². The first kappa shape index (κ1) is 13.8. The standard InChI is InChI=1S/C12H10BrF3O/c13-11(17-9-12(14,15)16)8-4-7-10-5-2-1-3-6-10/h1-8H,9H2/b7-4+,11-8+. The van der Waals surface area contributed by atoms with Crippen LogP contribution in [0.2, 0.25) is 0 Å². The third kappa shape index (κ3) is 6.84. The number of hydrogen-bond acceptors (Lipinski definition) is 1. The fourth-order valence-corrected chi connectivity index (χ4v) is 1.26. The van der Waals surface area contributed by atoms with E-state index in [0.29, 0.717) is 0 Å². The molecular formula is C12H10BrF3O. The zero-order valence-corrected chi connectivity index (χ0v) is 10.3. The third-order valence-electron chi connectivity index (χ3n) is 1.69. The van der Waals surface area contributed by atoms with E-state index in [1.54, 1.807) is 12.2 Å². The van der Waals surface area contributed by atoms with E-state index in [-0.39, 0.29) is 4.67 Å². The average molecular weight is 307 g/mol. The lowest BCUT2D eigenvalue weighted by Crippen LogP contribution is -2.15. The van der Waals surface area contributed by atoms with Crippen molar-refractivity contribution in [1.82, 2.24) is 0 Å². The quantitative estimate of drug-likeness (QED) is 0.587. The van der Waals surface area contributed by atoms with Crippen LogP contribution in [0.5, 0.6) is 0 Å². The van der Waals surface area contributed by atoms with Gasteiger partial charge in [-0.15, -0.1) is 0 Å². The summed E-state index contributed by atoms with van der Waals surface area (Å²) >= 11 is 2.89. The second-order valence-electron chi connectivity index (χ2n) is 3.14. The molecule has 0 aromatic heterocycles. The Kier molecular flexibility index (Phi) is 5.28. The molecule has 0 atom stereocenters. The Hall–Kier alpha value is -1.23. The van der Waals surface area contributed by atoms with Gasteiger partial charge in [-0.3, -0.25) is 0 Å². The minimum Gasteiger partial charge on any atom is -0.477 e. The maximum absolute atomic E-state index is 11.8. The van der Waals surface area contributed by atoms with Crippen LogP contribution in [0, 0.1) is 0 Å². The van der Waals surface area contributed by atoms with Crippen LogP contribution < -0.4 is 0 Å². The summed E-state index contributed by atoms with van der Waals surface area (Å²) in [5.74, 6) is 0. The third-order valence-corrected chi connectivity index (χ3v) is 2.18. The van der Waals surface area contributed by atoms with Gasteiger partial charge < -0.3 is 4.74 Å². The van der Waals surface area contributed by atoms with E-state index in [1.165, 1.54) is 6.08 Å². The number of alkyl halides is 3. The highest BCUT2D eigenvalue weighted by Gasteiger charge is 2.28. The normalized spacial score (nSPS) is 13.1. The molecular weight excluding hydrogens is 297 g/mol. The molecule has 0 N–H and O–H groups in total. The second kappa shape index (κ2) is 6.49. The Bertz CT molecular complexity index is 396. The van der Waals surface area contributed by atoms with Crippen LogP contribution >= 0.6 is 15.9 Å². The van der Waals surface area contributed by atoms with Gasteiger partial charge in [0.1, 0.15) is 0 Å². The predicted molar refractivity (Wildman–Crippen MR) is 64.5 cm³/mol. The molecule has 0 saturated heterocycles. The molecule has 0 unspecified atom stereocenters. The predicted octanol–water partition coefficient (Wildman–Crippen LogP) is 4.52. The molecule has 0 saturated carbocycles. The zero-order chi connectivity index (χ0) is 12.7. The number of rotatable bonds is 4. The lowest BCUT2D eigenvalue weighted by atomic mass is 10.2. The maximum Gasteiger partial charge on any atom is 0.422 e. The van der Waals surface area contributed by atoms with Crippen LogP contribution in [0.3, 0.4) is 0 Å². The maximum atomic E-state index is 11.8. The van der Waals surface area contributed by atoms with Crippen LogP contribution in [0.25, 0.3) is 6.08 Å². The molecule has 0 heterocycles. The number of halogens is 4. The first-order valence-electron chi connectivity index (χ1n) is 4.76. The van der Waals surface area contributed by atoms with Gasteiger partial charge in [-0.25, -0.2) is 0 Å². The van der Waals surface area contributed by atoms with Crippen molar-refractivity contribution < 1.29 is 17.9 Å². The molecule has 1 nitrogen and oxygen atoms in total. The largest absolute Gasteiger partial charge is 0.477 e. The molecule has 0 amide bonds. The Labute approximate surface area is 106 Å². The molecule has 1 rings (SSSR count). The van der Waals surface area contributed by atoms with Crippen LogP contribution in [-0.2, 0) is 4.74 Å². The first-order chi connectivity index (χ1) is 7.97. The number of benzene rings is 1. The molecule has 0 aliphatic rings. The van der Waals surface area contributed by atoms with Gasteiger partial charge in [-0.2, -0.15) is 13.2 Å². The van der Waals surface area contributed by atoms with Crippen LogP contribution in [0.4, 0.5) is 13.2 Å². The van der Waals surface area contributed by atoms with Crippen LogP contribution in [-0.4, -0.2) is 12.8 Å². The topological polar surface area (TPSA) is 9.23 Å². The van der Waals surface area contributed by atoms with E-state index in [1.807, 2.05) is 30.3 Å². The Morgan fingerprint density at radius 3 is 2.47 bits per heavy atom. The molecule has 0 spiro atoms. The highest BCUT2D eigenvalue weighted by molar-refractivity contribution is 9.11. The van der Waals surface area contributed by atoms with Crippen molar-refractivity contribution in [2.45, 2.75) is 6.18 Å². The summed E-state index contributed by atoms with van der Waals surface area (Å²) in [5, 5.41) is 0. The molecule has 0 aliphatic heterocycles. The highest BCUT2D eigenvalue weighted by Crippen LogP contribution is 2.18. The van der Waals surface area contributed by atoms with Crippen molar-refractivity contribution in [3.05, 3.63) is 52.7 Å². The summed E-state index contributed by atoms with van der Waals surface area (Å²) in [5.41, 5.74) is 0.958. The smallest absolute Gasteiger partial charge is 0.422 e. The molecule has 1 aromatic rings. The van der Waals surface area contributed by atoms with Crippen molar-refractivity contribution in [1.29, 1.82) is 0 Å². The lowest BCUT2D eigenvalue weighted by molar-refractivity contribution is -0.162. The van der Waals surface area contributed by atoms with Crippen LogP contribution in [0.1, 0.15) is 5.56 Å². The molecule has 1 aromatic carbocycles. The summed E-state index contributed by atoms with van der Waals surface area (Å²) in [4.78, 5) is 0. The minimum absolute atomic E-state index is 0.0435. The number of ether oxygens (including phenoxy) is 1. The van der Waals surface area contributed by atoms with E-state index >= 15 is 0 Å². The molecule has 0 aliphatic carbocycles. The van der Waals surface area contributed by atoms with E-state index in [4.69, 9.17) is 0 Å². The fourth-order valence-electron chi connectivity index (χ4n) is 0.998. The van der Waals surface area contributed by atoms with Gasteiger partial charge in [0, 0.05) is 0 Å². The number of allylic oxidation sites excluding steroid dienone is 2. The van der Waals surface area contributed by atoms with E-state index in [9.17, 15) is 13.2 Å². The van der Waals surface area contributed by atoms with Crippen molar-refractivity contribution in [2.24, 2.45) is 0 Å². The molecule has 17 heavy (non-hydrogen) atoms. The van der Waals surface area contributed by atoms with Crippen molar-refractivity contribution >= 4 is 22.0 Å². The summed E-state index contributed by atoms with van der Waals surface area (Å²) in [6.07, 6.45) is 0.461. The van der Waals surface area contributed by atoms with Crippen LogP contribution in [0.15, 0.2) is 47.2 Å². The minimum atomic E-state index is -4.32. The highest BCUT2D eigenvalue weighted by atomic mass is 79.9. The van der Waals surface area contributed by atoms with Gasteiger partial charge in [0.05, 0.1) is 0 Å². The summed E-state index contributed by atoms with van der Waals surface area (Å²) in [6, 6.07) is 9.40. The Morgan fingerprint density at radius 2 is 1.88 bits per heavy atom.